The first-order valence-corrected chi connectivity index (χ1v) is 6.60. The van der Waals surface area contributed by atoms with Gasteiger partial charge in [0.1, 0.15) is 0 Å². The Morgan fingerprint density at radius 1 is 1.06 bits per heavy atom. The third kappa shape index (κ3) is 4.38. The van der Waals surface area contributed by atoms with Crippen LogP contribution in [-0.2, 0) is 0 Å². The fourth-order valence-corrected chi connectivity index (χ4v) is 2.21. The first kappa shape index (κ1) is 15.2. The maximum atomic E-state index is 4.25. The average molecular weight is 220 g/mol. The molecule has 0 atom stereocenters. The van der Waals surface area contributed by atoms with E-state index in [2.05, 4.69) is 53.3 Å². The minimum atomic E-state index is 0.697. The fraction of sp³-hybridized carbons (Fsp3) is 0.625. The van der Waals surface area contributed by atoms with Gasteiger partial charge in [-0.1, -0.05) is 45.4 Å². The van der Waals surface area contributed by atoms with Gasteiger partial charge in [-0.05, 0) is 56.3 Å². The Kier molecular flexibility index (Phi) is 7.97. The van der Waals surface area contributed by atoms with Crippen LogP contribution in [0.5, 0.6) is 0 Å². The van der Waals surface area contributed by atoms with E-state index in [1.54, 1.807) is 0 Å². The molecular formula is C16H28. The summed E-state index contributed by atoms with van der Waals surface area (Å²) >= 11 is 0. The van der Waals surface area contributed by atoms with E-state index in [4.69, 9.17) is 0 Å². The van der Waals surface area contributed by atoms with Crippen LogP contribution in [0.1, 0.15) is 60.3 Å². The highest BCUT2D eigenvalue weighted by atomic mass is 14.2. The smallest absolute Gasteiger partial charge is 0.0160 e. The molecule has 0 aliphatic carbocycles. The fourth-order valence-electron chi connectivity index (χ4n) is 2.21. The van der Waals surface area contributed by atoms with Crippen molar-refractivity contribution in [1.29, 1.82) is 0 Å². The summed E-state index contributed by atoms with van der Waals surface area (Å²) in [5.41, 5.74) is 4.00. The summed E-state index contributed by atoms with van der Waals surface area (Å²) in [6.07, 6.45) is 9.48. The van der Waals surface area contributed by atoms with E-state index in [1.807, 2.05) is 0 Å². The van der Waals surface area contributed by atoms with E-state index in [0.29, 0.717) is 5.92 Å². The summed E-state index contributed by atoms with van der Waals surface area (Å²) in [6, 6.07) is 0. The van der Waals surface area contributed by atoms with Gasteiger partial charge < -0.3 is 0 Å². The molecule has 16 heavy (non-hydrogen) atoms. The normalized spacial score (nSPS) is 13.4. The lowest BCUT2D eigenvalue weighted by molar-refractivity contribution is 0.508. The van der Waals surface area contributed by atoms with Gasteiger partial charge in [-0.15, -0.1) is 0 Å². The van der Waals surface area contributed by atoms with Crippen molar-refractivity contribution < 1.29 is 0 Å². The second kappa shape index (κ2) is 8.38. The minimum absolute atomic E-state index is 0.697. The lowest BCUT2D eigenvalue weighted by Crippen LogP contribution is -2.06. The van der Waals surface area contributed by atoms with Crippen LogP contribution >= 0.6 is 0 Å². The van der Waals surface area contributed by atoms with Crippen molar-refractivity contribution in [1.82, 2.24) is 0 Å². The van der Waals surface area contributed by atoms with Crippen molar-refractivity contribution in [2.24, 2.45) is 5.92 Å². The van der Waals surface area contributed by atoms with E-state index < -0.39 is 0 Å². The molecule has 0 spiro atoms. The number of hydrogen-bond acceptors (Lipinski definition) is 0. The van der Waals surface area contributed by atoms with Gasteiger partial charge in [0.15, 0.2) is 0 Å². The highest BCUT2D eigenvalue weighted by molar-refractivity contribution is 5.44. The van der Waals surface area contributed by atoms with Gasteiger partial charge in [0, 0.05) is 0 Å². The molecule has 0 amide bonds. The second-order valence-electron chi connectivity index (χ2n) is 4.47. The zero-order valence-electron chi connectivity index (χ0n) is 11.8. The summed E-state index contributed by atoms with van der Waals surface area (Å²) in [4.78, 5) is 0. The van der Waals surface area contributed by atoms with E-state index >= 15 is 0 Å². The molecule has 0 bridgehead atoms. The maximum Gasteiger partial charge on any atom is -0.0160 e. The first-order valence-electron chi connectivity index (χ1n) is 6.60. The quantitative estimate of drug-likeness (QED) is 0.485. The molecule has 0 aliphatic heterocycles. The summed E-state index contributed by atoms with van der Waals surface area (Å²) in [6.45, 7) is 15.2. The molecule has 0 aromatic heterocycles. The SMILES string of the molecule is C=C(/C(C)=C\C)/C(=C\C)C(CCC)CCC. The van der Waals surface area contributed by atoms with Crippen molar-refractivity contribution in [3.63, 3.8) is 0 Å². The number of rotatable bonds is 7. The Morgan fingerprint density at radius 2 is 1.56 bits per heavy atom. The van der Waals surface area contributed by atoms with Crippen LogP contribution in [0.4, 0.5) is 0 Å². The molecule has 0 aromatic carbocycles. The van der Waals surface area contributed by atoms with E-state index in [-0.39, 0.29) is 0 Å². The molecule has 0 aliphatic rings. The van der Waals surface area contributed by atoms with Crippen LogP contribution in [0, 0.1) is 5.92 Å². The molecule has 0 saturated heterocycles. The molecule has 92 valence electrons. The van der Waals surface area contributed by atoms with Gasteiger partial charge in [-0.3, -0.25) is 0 Å². The number of allylic oxidation sites excluding steroid dienone is 5. The highest BCUT2D eigenvalue weighted by Crippen LogP contribution is 2.30. The van der Waals surface area contributed by atoms with Crippen LogP contribution in [0.25, 0.3) is 0 Å². The molecule has 0 radical (unpaired) electrons. The third-order valence-corrected chi connectivity index (χ3v) is 3.28. The van der Waals surface area contributed by atoms with Crippen molar-refractivity contribution in [3.05, 3.63) is 35.5 Å². The monoisotopic (exact) mass is 220 g/mol. The van der Waals surface area contributed by atoms with Crippen LogP contribution in [0.3, 0.4) is 0 Å². The maximum absolute atomic E-state index is 4.25. The predicted octanol–water partition coefficient (Wildman–Crippen LogP) is 5.67. The number of hydrogen-bond donors (Lipinski definition) is 0. The summed E-state index contributed by atoms with van der Waals surface area (Å²) in [5, 5.41) is 0. The average Bonchev–Trinajstić information content (AvgIpc) is 2.29. The predicted molar refractivity (Wildman–Crippen MR) is 75.6 cm³/mol. The molecule has 0 heterocycles. The molecule has 0 nitrogen and oxygen atoms in total. The minimum Gasteiger partial charge on any atom is -0.0912 e. The molecule has 0 N–H and O–H groups in total. The van der Waals surface area contributed by atoms with Crippen molar-refractivity contribution in [2.45, 2.75) is 60.3 Å². The molecule has 0 heteroatoms. The third-order valence-electron chi connectivity index (χ3n) is 3.28. The van der Waals surface area contributed by atoms with Crippen LogP contribution < -0.4 is 0 Å². The molecule has 0 unspecified atom stereocenters. The summed E-state index contributed by atoms with van der Waals surface area (Å²) in [5.74, 6) is 0.697. The van der Waals surface area contributed by atoms with E-state index in [1.165, 1.54) is 42.4 Å². The lowest BCUT2D eigenvalue weighted by atomic mass is 9.84. The first-order chi connectivity index (χ1) is 7.62. The molecule has 0 saturated carbocycles. The molecule has 0 fully saturated rings. The Balaban J connectivity index is 4.87. The highest BCUT2D eigenvalue weighted by Gasteiger charge is 2.15. The standard InChI is InChI=1S/C16H28/c1-7-11-15(12-8-2)16(10-4)14(6)13(5)9-3/h9-10,15H,6-8,11-12H2,1-5H3/b13-9-,16-10+. The molecule has 0 aromatic rings. The van der Waals surface area contributed by atoms with Gasteiger partial charge in [0.05, 0.1) is 0 Å². The van der Waals surface area contributed by atoms with Gasteiger partial charge >= 0.3 is 0 Å². The Bertz CT molecular complexity index is 260. The van der Waals surface area contributed by atoms with Crippen LogP contribution in [0.15, 0.2) is 35.5 Å². The van der Waals surface area contributed by atoms with Gasteiger partial charge in [0.25, 0.3) is 0 Å². The van der Waals surface area contributed by atoms with Crippen LogP contribution in [-0.4, -0.2) is 0 Å². The summed E-state index contributed by atoms with van der Waals surface area (Å²) < 4.78 is 0. The van der Waals surface area contributed by atoms with Crippen molar-refractivity contribution in [3.8, 4) is 0 Å². The van der Waals surface area contributed by atoms with Gasteiger partial charge in [0.2, 0.25) is 0 Å². The molecule has 0 rings (SSSR count). The van der Waals surface area contributed by atoms with E-state index in [0.717, 1.165) is 0 Å². The Hall–Kier alpha value is -0.780. The second-order valence-corrected chi connectivity index (χ2v) is 4.47. The van der Waals surface area contributed by atoms with Gasteiger partial charge in [-0.2, -0.15) is 0 Å². The Labute approximate surface area is 102 Å². The zero-order valence-corrected chi connectivity index (χ0v) is 11.8. The molecular weight excluding hydrogens is 192 g/mol. The van der Waals surface area contributed by atoms with E-state index in [9.17, 15) is 0 Å². The summed E-state index contributed by atoms with van der Waals surface area (Å²) in [7, 11) is 0. The van der Waals surface area contributed by atoms with Gasteiger partial charge in [-0.25, -0.2) is 0 Å². The Morgan fingerprint density at radius 3 is 1.88 bits per heavy atom. The van der Waals surface area contributed by atoms with Crippen molar-refractivity contribution in [2.75, 3.05) is 0 Å². The lowest BCUT2D eigenvalue weighted by Gasteiger charge is -2.21. The topological polar surface area (TPSA) is 0 Å². The zero-order chi connectivity index (χ0) is 12.6. The largest absolute Gasteiger partial charge is 0.0912 e. The van der Waals surface area contributed by atoms with Crippen molar-refractivity contribution >= 4 is 0 Å². The van der Waals surface area contributed by atoms with Crippen LogP contribution in [0.2, 0.25) is 0 Å².